The molecular formula is C14H18F3NO. The second kappa shape index (κ2) is 6.73. The summed E-state index contributed by atoms with van der Waals surface area (Å²) in [6, 6.07) is 6.20. The van der Waals surface area contributed by atoms with Gasteiger partial charge in [0, 0.05) is 6.04 Å². The molecule has 1 aromatic rings. The van der Waals surface area contributed by atoms with Crippen LogP contribution in [0.1, 0.15) is 25.0 Å². The summed E-state index contributed by atoms with van der Waals surface area (Å²) in [7, 11) is 0. The lowest BCUT2D eigenvalue weighted by molar-refractivity contribution is -0.158. The van der Waals surface area contributed by atoms with E-state index in [9.17, 15) is 18.3 Å². The zero-order valence-electron chi connectivity index (χ0n) is 10.7. The molecule has 1 rings (SSSR count). The number of nitrogens with one attached hydrogen (secondary N) is 1. The fourth-order valence-corrected chi connectivity index (χ4v) is 1.81. The fraction of sp³-hybridized carbons (Fsp3) is 0.429. The second-order valence-corrected chi connectivity index (χ2v) is 4.43. The molecule has 3 atom stereocenters. The predicted molar refractivity (Wildman–Crippen MR) is 68.7 cm³/mol. The summed E-state index contributed by atoms with van der Waals surface area (Å²) in [5, 5.41) is 12.4. The van der Waals surface area contributed by atoms with Crippen LogP contribution in [0.25, 0.3) is 0 Å². The first-order valence-corrected chi connectivity index (χ1v) is 6.03. The van der Waals surface area contributed by atoms with E-state index in [1.165, 1.54) is 13.0 Å². The maximum absolute atomic E-state index is 12.7. The highest BCUT2D eigenvalue weighted by atomic mass is 19.4. The van der Waals surface area contributed by atoms with Crippen molar-refractivity contribution in [2.24, 2.45) is 0 Å². The van der Waals surface area contributed by atoms with Crippen molar-refractivity contribution in [1.29, 1.82) is 0 Å². The van der Waals surface area contributed by atoms with Crippen LogP contribution in [0.4, 0.5) is 13.2 Å². The van der Waals surface area contributed by atoms with Crippen molar-refractivity contribution in [3.05, 3.63) is 48.6 Å². The molecule has 0 amide bonds. The normalized spacial score (nSPS) is 16.7. The molecule has 2 nitrogen and oxygen atoms in total. The van der Waals surface area contributed by atoms with Gasteiger partial charge in [-0.25, -0.2) is 0 Å². The van der Waals surface area contributed by atoms with Gasteiger partial charge in [-0.3, -0.25) is 0 Å². The van der Waals surface area contributed by atoms with E-state index in [0.717, 1.165) is 0 Å². The number of alkyl halides is 3. The van der Waals surface area contributed by atoms with Crippen LogP contribution >= 0.6 is 0 Å². The van der Waals surface area contributed by atoms with E-state index in [1.807, 2.05) is 0 Å². The number of hydrogen-bond donors (Lipinski definition) is 2. The molecule has 1 aromatic carbocycles. The molecule has 0 radical (unpaired) electrons. The van der Waals surface area contributed by atoms with Gasteiger partial charge in [0.1, 0.15) is 6.04 Å². The lowest BCUT2D eigenvalue weighted by Crippen LogP contribution is -2.48. The Morgan fingerprint density at radius 2 is 1.89 bits per heavy atom. The van der Waals surface area contributed by atoms with Crippen molar-refractivity contribution >= 4 is 0 Å². The summed E-state index contributed by atoms with van der Waals surface area (Å²) in [6.45, 7) is 4.85. The van der Waals surface area contributed by atoms with Crippen molar-refractivity contribution in [1.82, 2.24) is 5.32 Å². The molecule has 0 heterocycles. The van der Waals surface area contributed by atoms with Crippen molar-refractivity contribution in [3.63, 3.8) is 0 Å². The number of benzene rings is 1. The zero-order chi connectivity index (χ0) is 14.5. The van der Waals surface area contributed by atoms with Gasteiger partial charge in [-0.2, -0.15) is 13.2 Å². The predicted octanol–water partition coefficient (Wildman–Crippen LogP) is 3.21. The Balaban J connectivity index is 2.71. The van der Waals surface area contributed by atoms with Crippen LogP contribution in [-0.2, 0) is 0 Å². The minimum absolute atomic E-state index is 0.227. The van der Waals surface area contributed by atoms with Crippen LogP contribution in [0.2, 0.25) is 0 Å². The van der Waals surface area contributed by atoms with E-state index in [1.54, 1.807) is 30.3 Å². The topological polar surface area (TPSA) is 32.3 Å². The Morgan fingerprint density at radius 1 is 1.32 bits per heavy atom. The summed E-state index contributed by atoms with van der Waals surface area (Å²) in [6.07, 6.45) is -4.36. The van der Waals surface area contributed by atoms with E-state index in [-0.39, 0.29) is 6.42 Å². The van der Waals surface area contributed by atoms with Gasteiger partial charge in [0.25, 0.3) is 0 Å². The van der Waals surface area contributed by atoms with Gasteiger partial charge >= 0.3 is 6.18 Å². The monoisotopic (exact) mass is 273 g/mol. The molecule has 0 aliphatic heterocycles. The van der Waals surface area contributed by atoms with Crippen molar-refractivity contribution < 1.29 is 18.3 Å². The molecule has 0 aliphatic rings. The maximum atomic E-state index is 12.7. The molecule has 0 spiro atoms. The Bertz CT molecular complexity index is 391. The number of aliphatic hydroxyl groups is 1. The van der Waals surface area contributed by atoms with Crippen molar-refractivity contribution in [2.45, 2.75) is 37.7 Å². The SMILES string of the molecule is C=CCC(N[C@@H](C)[C@H](O)c1ccccc1)C(F)(F)F. The van der Waals surface area contributed by atoms with E-state index < -0.39 is 24.4 Å². The number of hydrogen-bond acceptors (Lipinski definition) is 2. The Morgan fingerprint density at radius 3 is 2.37 bits per heavy atom. The highest BCUT2D eigenvalue weighted by molar-refractivity contribution is 5.18. The van der Waals surface area contributed by atoms with Crippen LogP contribution in [0.15, 0.2) is 43.0 Å². The molecule has 0 saturated heterocycles. The number of aliphatic hydroxyl groups excluding tert-OH is 1. The van der Waals surface area contributed by atoms with E-state index in [2.05, 4.69) is 11.9 Å². The van der Waals surface area contributed by atoms with Crippen LogP contribution in [0, 0.1) is 0 Å². The lowest BCUT2D eigenvalue weighted by atomic mass is 10.0. The zero-order valence-corrected chi connectivity index (χ0v) is 10.7. The molecular weight excluding hydrogens is 255 g/mol. The molecule has 0 saturated carbocycles. The van der Waals surface area contributed by atoms with Crippen LogP contribution < -0.4 is 5.32 Å². The smallest absolute Gasteiger partial charge is 0.387 e. The first-order valence-electron chi connectivity index (χ1n) is 6.03. The van der Waals surface area contributed by atoms with Gasteiger partial charge in [-0.1, -0.05) is 36.4 Å². The highest BCUT2D eigenvalue weighted by Gasteiger charge is 2.39. The van der Waals surface area contributed by atoms with E-state index in [0.29, 0.717) is 5.56 Å². The minimum Gasteiger partial charge on any atom is -0.387 e. The second-order valence-electron chi connectivity index (χ2n) is 4.43. The third-order valence-electron chi connectivity index (χ3n) is 2.88. The molecule has 106 valence electrons. The maximum Gasteiger partial charge on any atom is 0.404 e. The van der Waals surface area contributed by atoms with Crippen LogP contribution in [-0.4, -0.2) is 23.4 Å². The fourth-order valence-electron chi connectivity index (χ4n) is 1.81. The minimum atomic E-state index is -4.36. The first kappa shape index (κ1) is 15.7. The van der Waals surface area contributed by atoms with Gasteiger partial charge < -0.3 is 10.4 Å². The number of halogens is 3. The number of rotatable bonds is 6. The summed E-state index contributed by atoms with van der Waals surface area (Å²) in [4.78, 5) is 0. The summed E-state index contributed by atoms with van der Waals surface area (Å²) >= 11 is 0. The highest BCUT2D eigenvalue weighted by Crippen LogP contribution is 2.25. The molecule has 0 bridgehead atoms. The molecule has 1 unspecified atom stereocenters. The Kier molecular flexibility index (Phi) is 5.57. The van der Waals surface area contributed by atoms with Gasteiger partial charge in [0.05, 0.1) is 6.10 Å². The third-order valence-corrected chi connectivity index (χ3v) is 2.88. The van der Waals surface area contributed by atoms with Gasteiger partial charge in [0.15, 0.2) is 0 Å². The standard InChI is InChI=1S/C14H18F3NO/c1-3-7-12(14(15,16)17)18-10(2)13(19)11-8-5-4-6-9-11/h3-6,8-10,12-13,18-19H,1,7H2,2H3/t10-,12?,13-/m0/s1. The largest absolute Gasteiger partial charge is 0.404 e. The first-order chi connectivity index (χ1) is 8.86. The quantitative estimate of drug-likeness (QED) is 0.780. The average molecular weight is 273 g/mol. The van der Waals surface area contributed by atoms with E-state index in [4.69, 9.17) is 0 Å². The average Bonchev–Trinajstić information content (AvgIpc) is 2.37. The van der Waals surface area contributed by atoms with Gasteiger partial charge in [0.2, 0.25) is 0 Å². The molecule has 5 heteroatoms. The molecule has 19 heavy (non-hydrogen) atoms. The third kappa shape index (κ3) is 4.69. The molecule has 0 aromatic heterocycles. The van der Waals surface area contributed by atoms with E-state index >= 15 is 0 Å². The summed E-state index contributed by atoms with van der Waals surface area (Å²) < 4.78 is 38.2. The van der Waals surface area contributed by atoms with Crippen molar-refractivity contribution in [3.8, 4) is 0 Å². The molecule has 2 N–H and O–H groups in total. The summed E-state index contributed by atoms with van der Waals surface area (Å²) in [5.74, 6) is 0. The van der Waals surface area contributed by atoms with Gasteiger partial charge in [-0.15, -0.1) is 6.58 Å². The van der Waals surface area contributed by atoms with Crippen LogP contribution in [0.5, 0.6) is 0 Å². The molecule has 0 aliphatic carbocycles. The summed E-state index contributed by atoms with van der Waals surface area (Å²) in [5.41, 5.74) is 0.585. The van der Waals surface area contributed by atoms with Gasteiger partial charge in [-0.05, 0) is 18.9 Å². The molecule has 0 fully saturated rings. The van der Waals surface area contributed by atoms with Crippen molar-refractivity contribution in [2.75, 3.05) is 0 Å². The lowest BCUT2D eigenvalue weighted by Gasteiger charge is -2.27. The van der Waals surface area contributed by atoms with Crippen LogP contribution in [0.3, 0.4) is 0 Å². The Labute approximate surface area is 111 Å². The Hall–Kier alpha value is -1.33.